The minimum absolute atomic E-state index is 0.943. The van der Waals surface area contributed by atoms with Gasteiger partial charge in [-0.2, -0.15) is 0 Å². The minimum atomic E-state index is 0.943. The molecular weight excluding hydrogens is 168 g/mol. The van der Waals surface area contributed by atoms with Crippen molar-refractivity contribution < 1.29 is 0 Å². The fraction of sp³-hybridized carbons (Fsp3) is 0.714. The molecule has 0 heterocycles. The highest BCUT2D eigenvalue weighted by Crippen LogP contribution is 2.07. The first kappa shape index (κ1) is 13.6. The smallest absolute Gasteiger partial charge is 0.00886 e. The van der Waals surface area contributed by atoms with E-state index in [0.717, 1.165) is 25.7 Å². The van der Waals surface area contributed by atoms with E-state index in [9.17, 15) is 0 Å². The Labute approximate surface area is 90.5 Å². The zero-order valence-electron chi connectivity index (χ0n) is 9.49. The van der Waals surface area contributed by atoms with Crippen LogP contribution in [0.1, 0.15) is 64.2 Å². The van der Waals surface area contributed by atoms with Gasteiger partial charge in [-0.3, -0.25) is 0 Å². The highest BCUT2D eigenvalue weighted by Gasteiger charge is 1.88. The molecule has 0 rings (SSSR count). The largest absolute Gasteiger partial charge is 0.103 e. The predicted molar refractivity (Wildman–Crippen MR) is 64.7 cm³/mol. The Bertz CT molecular complexity index is 147. The molecule has 0 heteroatoms. The van der Waals surface area contributed by atoms with Crippen LogP contribution in [-0.4, -0.2) is 0 Å². The first-order valence-electron chi connectivity index (χ1n) is 5.96. The van der Waals surface area contributed by atoms with Crippen molar-refractivity contribution in [3.63, 3.8) is 0 Å². The molecule has 0 aliphatic carbocycles. The van der Waals surface area contributed by atoms with Gasteiger partial charge in [0.05, 0.1) is 0 Å². The summed E-state index contributed by atoms with van der Waals surface area (Å²) in [4.78, 5) is 0. The third kappa shape index (κ3) is 11.6. The van der Waals surface area contributed by atoms with E-state index in [4.69, 9.17) is 0 Å². The van der Waals surface area contributed by atoms with E-state index in [1.165, 1.54) is 38.5 Å². The summed E-state index contributed by atoms with van der Waals surface area (Å²) in [5.41, 5.74) is 0. The lowest BCUT2D eigenvalue weighted by molar-refractivity contribution is 0.601. The van der Waals surface area contributed by atoms with Gasteiger partial charge in [0.25, 0.3) is 0 Å². The van der Waals surface area contributed by atoms with Gasteiger partial charge in [0.2, 0.25) is 0 Å². The predicted octanol–water partition coefficient (Wildman–Crippen LogP) is 4.56. The lowest BCUT2D eigenvalue weighted by Crippen LogP contribution is -1.79. The van der Waals surface area contributed by atoms with Crippen molar-refractivity contribution in [1.82, 2.24) is 0 Å². The molecule has 0 aromatic rings. The highest BCUT2D eigenvalue weighted by molar-refractivity contribution is 4.98. The molecule has 0 atom stereocenters. The monoisotopic (exact) mass is 192 g/mol. The van der Waals surface area contributed by atoms with Crippen molar-refractivity contribution >= 4 is 0 Å². The van der Waals surface area contributed by atoms with Crippen LogP contribution in [0.5, 0.6) is 0 Å². The third-order valence-electron chi connectivity index (χ3n) is 2.23. The molecule has 0 N–H and O–H groups in total. The molecule has 0 unspecified atom stereocenters. The SMILES string of the molecule is [CH2]CCC#CCCCCCCCC[CH2]. The Morgan fingerprint density at radius 1 is 0.571 bits per heavy atom. The van der Waals surface area contributed by atoms with E-state index in [2.05, 4.69) is 25.7 Å². The van der Waals surface area contributed by atoms with Gasteiger partial charge in [-0.15, -0.1) is 11.8 Å². The highest BCUT2D eigenvalue weighted by atomic mass is 13.9. The number of unbranched alkanes of at least 4 members (excludes halogenated alkanes) is 8. The molecule has 0 spiro atoms. The Morgan fingerprint density at radius 2 is 1.14 bits per heavy atom. The standard InChI is InChI=1S/C14H24/c1-3-5-7-9-11-13-14-12-10-8-6-4-2/h1-7,9,11-14H2. The lowest BCUT2D eigenvalue weighted by Gasteiger charge is -1.97. The van der Waals surface area contributed by atoms with E-state index in [1.54, 1.807) is 0 Å². The molecule has 0 nitrogen and oxygen atoms in total. The van der Waals surface area contributed by atoms with E-state index in [0.29, 0.717) is 0 Å². The zero-order chi connectivity index (χ0) is 10.5. The van der Waals surface area contributed by atoms with Crippen molar-refractivity contribution in [2.75, 3.05) is 0 Å². The summed E-state index contributed by atoms with van der Waals surface area (Å²) in [6.45, 7) is 7.59. The number of rotatable bonds is 8. The maximum atomic E-state index is 3.84. The van der Waals surface area contributed by atoms with E-state index >= 15 is 0 Å². The van der Waals surface area contributed by atoms with Crippen LogP contribution in [0.2, 0.25) is 0 Å². The minimum Gasteiger partial charge on any atom is -0.103 e. The fourth-order valence-electron chi connectivity index (χ4n) is 1.36. The third-order valence-corrected chi connectivity index (χ3v) is 2.23. The normalized spacial score (nSPS) is 9.57. The van der Waals surface area contributed by atoms with Crippen molar-refractivity contribution in [1.29, 1.82) is 0 Å². The molecule has 0 saturated carbocycles. The molecule has 0 saturated heterocycles. The van der Waals surface area contributed by atoms with Crippen LogP contribution in [-0.2, 0) is 0 Å². The molecule has 0 aromatic carbocycles. The van der Waals surface area contributed by atoms with Crippen molar-refractivity contribution in [2.24, 2.45) is 0 Å². The molecular formula is C14H24. The van der Waals surface area contributed by atoms with Crippen LogP contribution >= 0.6 is 0 Å². The molecule has 0 aromatic heterocycles. The number of hydrogen-bond acceptors (Lipinski definition) is 0. The second-order valence-corrected chi connectivity index (χ2v) is 3.68. The zero-order valence-corrected chi connectivity index (χ0v) is 9.49. The molecule has 0 fully saturated rings. The van der Waals surface area contributed by atoms with Gasteiger partial charge in [-0.25, -0.2) is 0 Å². The van der Waals surface area contributed by atoms with Crippen LogP contribution in [0.3, 0.4) is 0 Å². The van der Waals surface area contributed by atoms with E-state index in [-0.39, 0.29) is 0 Å². The average Bonchev–Trinajstić information content (AvgIpc) is 2.21. The maximum absolute atomic E-state index is 3.84. The molecule has 2 radical (unpaired) electrons. The van der Waals surface area contributed by atoms with E-state index in [1.807, 2.05) is 0 Å². The fourth-order valence-corrected chi connectivity index (χ4v) is 1.36. The summed E-state index contributed by atoms with van der Waals surface area (Å²) in [7, 11) is 0. The van der Waals surface area contributed by atoms with Gasteiger partial charge in [0.15, 0.2) is 0 Å². The maximum Gasteiger partial charge on any atom is 0.00886 e. The summed E-state index contributed by atoms with van der Waals surface area (Å²) in [6.07, 6.45) is 12.1. The summed E-state index contributed by atoms with van der Waals surface area (Å²) in [6, 6.07) is 0. The van der Waals surface area contributed by atoms with Gasteiger partial charge in [-0.1, -0.05) is 52.4 Å². The molecule has 14 heavy (non-hydrogen) atoms. The molecule has 80 valence electrons. The van der Waals surface area contributed by atoms with Gasteiger partial charge >= 0.3 is 0 Å². The Balaban J connectivity index is 2.96. The Kier molecular flexibility index (Phi) is 12.2. The first-order chi connectivity index (χ1) is 6.91. The van der Waals surface area contributed by atoms with Gasteiger partial charge in [0, 0.05) is 12.8 Å². The second-order valence-electron chi connectivity index (χ2n) is 3.68. The first-order valence-corrected chi connectivity index (χ1v) is 5.96. The average molecular weight is 192 g/mol. The van der Waals surface area contributed by atoms with Crippen LogP contribution in [0, 0.1) is 25.7 Å². The molecule has 0 bridgehead atoms. The van der Waals surface area contributed by atoms with Crippen LogP contribution < -0.4 is 0 Å². The number of hydrogen-bond donors (Lipinski definition) is 0. The summed E-state index contributed by atoms with van der Waals surface area (Å²) < 4.78 is 0. The summed E-state index contributed by atoms with van der Waals surface area (Å²) >= 11 is 0. The molecule has 0 aliphatic heterocycles. The van der Waals surface area contributed by atoms with Gasteiger partial charge in [-0.05, 0) is 12.8 Å². The van der Waals surface area contributed by atoms with Crippen LogP contribution in [0.25, 0.3) is 0 Å². The summed E-state index contributed by atoms with van der Waals surface area (Å²) in [5.74, 6) is 6.31. The Morgan fingerprint density at radius 3 is 1.79 bits per heavy atom. The molecule has 0 aliphatic rings. The van der Waals surface area contributed by atoms with Crippen LogP contribution in [0.4, 0.5) is 0 Å². The van der Waals surface area contributed by atoms with Crippen molar-refractivity contribution in [2.45, 2.75) is 64.2 Å². The quantitative estimate of drug-likeness (QED) is 0.390. The Hall–Kier alpha value is -0.440. The topological polar surface area (TPSA) is 0 Å². The van der Waals surface area contributed by atoms with Crippen molar-refractivity contribution in [3.05, 3.63) is 13.8 Å². The van der Waals surface area contributed by atoms with Gasteiger partial charge < -0.3 is 0 Å². The van der Waals surface area contributed by atoms with Crippen molar-refractivity contribution in [3.8, 4) is 11.8 Å². The lowest BCUT2D eigenvalue weighted by atomic mass is 10.1. The summed E-state index contributed by atoms with van der Waals surface area (Å²) in [5, 5.41) is 0. The second kappa shape index (κ2) is 12.6. The van der Waals surface area contributed by atoms with E-state index < -0.39 is 0 Å². The van der Waals surface area contributed by atoms with Gasteiger partial charge in [0.1, 0.15) is 0 Å². The van der Waals surface area contributed by atoms with Crippen LogP contribution in [0.15, 0.2) is 0 Å². The molecule has 0 amide bonds.